The molecule has 35 heavy (non-hydrogen) atoms. The van der Waals surface area contributed by atoms with Gasteiger partial charge in [0.15, 0.2) is 11.0 Å². The van der Waals surface area contributed by atoms with Crippen molar-refractivity contribution < 1.29 is 14.3 Å². The predicted octanol–water partition coefficient (Wildman–Crippen LogP) is 3.33. The molecule has 2 N–H and O–H groups in total. The number of piperidine rings is 1. The number of hydrogen-bond acceptors (Lipinski definition) is 7. The lowest BCUT2D eigenvalue weighted by Gasteiger charge is -2.46. The average Bonchev–Trinajstić information content (AvgIpc) is 2.85. The van der Waals surface area contributed by atoms with Crippen LogP contribution in [0.5, 0.6) is 0 Å². The van der Waals surface area contributed by atoms with Crippen LogP contribution in [0.4, 0.5) is 16.3 Å². The van der Waals surface area contributed by atoms with E-state index in [-0.39, 0.29) is 17.2 Å². The number of nitrogens with zero attached hydrogens (tertiary/aromatic N) is 5. The van der Waals surface area contributed by atoms with Gasteiger partial charge in [0.2, 0.25) is 5.91 Å². The van der Waals surface area contributed by atoms with Crippen LogP contribution in [0, 0.1) is 0 Å². The third-order valence-corrected chi connectivity index (χ3v) is 6.87. The first kappa shape index (κ1) is 25.0. The molecule has 4 rings (SSSR count). The average molecular weight is 501 g/mol. The van der Waals surface area contributed by atoms with Crippen molar-refractivity contribution in [2.24, 2.45) is 0 Å². The van der Waals surface area contributed by atoms with Crippen LogP contribution in [-0.2, 0) is 14.9 Å². The van der Waals surface area contributed by atoms with E-state index in [2.05, 4.69) is 15.1 Å². The molecule has 2 aliphatic rings. The number of nitrogen functional groups attached to an aromatic ring is 1. The minimum absolute atomic E-state index is 0.103. The maximum Gasteiger partial charge on any atom is 0.410 e. The van der Waals surface area contributed by atoms with E-state index in [9.17, 15) is 9.59 Å². The van der Waals surface area contributed by atoms with Gasteiger partial charge in [0.25, 0.3) is 0 Å². The van der Waals surface area contributed by atoms with E-state index in [0.717, 1.165) is 11.3 Å². The topological polar surface area (TPSA) is 105 Å². The summed E-state index contributed by atoms with van der Waals surface area (Å²) in [6, 6.07) is 11.7. The molecule has 0 aliphatic carbocycles. The van der Waals surface area contributed by atoms with Gasteiger partial charge in [0.05, 0.1) is 11.1 Å². The molecule has 2 amide bonds. The van der Waals surface area contributed by atoms with Gasteiger partial charge in [0.1, 0.15) is 5.60 Å². The number of halogens is 1. The summed E-state index contributed by atoms with van der Waals surface area (Å²) in [5.74, 6) is 0.428. The Morgan fingerprint density at radius 2 is 1.57 bits per heavy atom. The van der Waals surface area contributed by atoms with Crippen molar-refractivity contribution in [3.05, 3.63) is 47.1 Å². The molecule has 10 heteroatoms. The van der Waals surface area contributed by atoms with Crippen LogP contribution < -0.4 is 10.6 Å². The highest BCUT2D eigenvalue weighted by Crippen LogP contribution is 2.40. The summed E-state index contributed by atoms with van der Waals surface area (Å²) in [6.07, 6.45) is 0.918. The lowest BCUT2D eigenvalue weighted by molar-refractivity contribution is -0.140. The predicted molar refractivity (Wildman–Crippen MR) is 135 cm³/mol. The molecule has 2 fully saturated rings. The summed E-state index contributed by atoms with van der Waals surface area (Å²) in [5.41, 5.74) is 6.62. The number of ether oxygens (including phenoxy) is 1. The van der Waals surface area contributed by atoms with Gasteiger partial charge in [-0.1, -0.05) is 41.9 Å². The van der Waals surface area contributed by atoms with Crippen molar-refractivity contribution in [3.63, 3.8) is 0 Å². The third kappa shape index (κ3) is 5.45. The normalized spacial score (nSPS) is 18.3. The number of rotatable bonds is 3. The third-order valence-electron chi connectivity index (χ3n) is 6.68. The van der Waals surface area contributed by atoms with E-state index < -0.39 is 11.0 Å². The fourth-order valence-electron chi connectivity index (χ4n) is 4.86. The summed E-state index contributed by atoms with van der Waals surface area (Å²) in [7, 11) is 0. The van der Waals surface area contributed by atoms with E-state index in [1.165, 1.54) is 0 Å². The SMILES string of the molecule is CC(C)(C)OC(=O)N1CCN(C(=O)C2(c3ccccc3)CCN(c3cc(Cl)nnc3N)CC2)CC1. The first-order valence-corrected chi connectivity index (χ1v) is 12.3. The van der Waals surface area contributed by atoms with Crippen molar-refractivity contribution in [2.75, 3.05) is 49.9 Å². The Hall–Kier alpha value is -3.07. The van der Waals surface area contributed by atoms with Gasteiger partial charge >= 0.3 is 6.09 Å². The molecule has 0 bridgehead atoms. The first-order valence-electron chi connectivity index (χ1n) is 12.0. The Bertz CT molecular complexity index is 1060. The standard InChI is InChI=1S/C25H33ClN6O3/c1-24(2,3)35-23(34)32-15-13-31(14-16-32)22(33)25(18-7-5-4-6-8-18)9-11-30(12-10-25)19-17-20(26)28-29-21(19)27/h4-8,17H,9-16H2,1-3H3,(H2,27,29). The maximum absolute atomic E-state index is 14.0. The van der Waals surface area contributed by atoms with Gasteiger partial charge in [-0.15, -0.1) is 10.2 Å². The second-order valence-electron chi connectivity index (χ2n) is 10.1. The molecular weight excluding hydrogens is 468 g/mol. The lowest BCUT2D eigenvalue weighted by atomic mass is 9.71. The van der Waals surface area contributed by atoms with E-state index in [1.54, 1.807) is 11.0 Å². The van der Waals surface area contributed by atoms with Crippen LogP contribution in [0.3, 0.4) is 0 Å². The van der Waals surface area contributed by atoms with Crippen LogP contribution in [0.25, 0.3) is 0 Å². The van der Waals surface area contributed by atoms with Gasteiger partial charge in [-0.2, -0.15) is 0 Å². The molecule has 2 aromatic rings. The minimum atomic E-state index is -0.648. The summed E-state index contributed by atoms with van der Waals surface area (Å²) in [4.78, 5) is 32.2. The zero-order chi connectivity index (χ0) is 25.2. The van der Waals surface area contributed by atoms with E-state index in [1.807, 2.05) is 56.0 Å². The van der Waals surface area contributed by atoms with Crippen LogP contribution >= 0.6 is 11.6 Å². The van der Waals surface area contributed by atoms with Crippen LogP contribution in [0.2, 0.25) is 5.15 Å². The summed E-state index contributed by atoms with van der Waals surface area (Å²) >= 11 is 6.06. The van der Waals surface area contributed by atoms with Gasteiger partial charge in [-0.05, 0) is 39.2 Å². The van der Waals surface area contributed by atoms with E-state index in [4.69, 9.17) is 22.1 Å². The number of carbonyl (C=O) groups is 2. The quantitative estimate of drug-likeness (QED) is 0.689. The summed E-state index contributed by atoms with van der Waals surface area (Å²) in [6.45, 7) is 8.68. The van der Waals surface area contributed by atoms with Crippen LogP contribution in [0.15, 0.2) is 36.4 Å². The number of aromatic nitrogens is 2. The molecule has 0 atom stereocenters. The second-order valence-corrected chi connectivity index (χ2v) is 10.5. The smallest absolute Gasteiger partial charge is 0.410 e. The lowest BCUT2D eigenvalue weighted by Crippen LogP contribution is -2.58. The Kier molecular flexibility index (Phi) is 7.07. The highest BCUT2D eigenvalue weighted by atomic mass is 35.5. The number of carbonyl (C=O) groups excluding carboxylic acids is 2. The number of benzene rings is 1. The first-order chi connectivity index (χ1) is 16.6. The van der Waals surface area contributed by atoms with Crippen molar-refractivity contribution in [3.8, 4) is 0 Å². The number of anilines is 2. The molecule has 0 saturated carbocycles. The molecule has 1 aromatic carbocycles. The van der Waals surface area contributed by atoms with Gasteiger partial charge in [-0.3, -0.25) is 4.79 Å². The van der Waals surface area contributed by atoms with Crippen molar-refractivity contribution in [1.29, 1.82) is 0 Å². The largest absolute Gasteiger partial charge is 0.444 e. The molecule has 0 radical (unpaired) electrons. The number of nitrogens with two attached hydrogens (primary N) is 1. The molecule has 9 nitrogen and oxygen atoms in total. The molecular formula is C25H33ClN6O3. The molecule has 2 saturated heterocycles. The molecule has 188 valence electrons. The fourth-order valence-corrected chi connectivity index (χ4v) is 5.00. The van der Waals surface area contributed by atoms with Crippen LogP contribution in [-0.4, -0.2) is 76.9 Å². The number of piperazine rings is 1. The highest BCUT2D eigenvalue weighted by Gasteiger charge is 2.46. The monoisotopic (exact) mass is 500 g/mol. The van der Waals surface area contributed by atoms with Gasteiger partial charge in [-0.25, -0.2) is 4.79 Å². The zero-order valence-corrected chi connectivity index (χ0v) is 21.3. The van der Waals surface area contributed by atoms with Gasteiger partial charge in [0, 0.05) is 45.3 Å². The minimum Gasteiger partial charge on any atom is -0.444 e. The van der Waals surface area contributed by atoms with Crippen molar-refractivity contribution >= 4 is 35.1 Å². The van der Waals surface area contributed by atoms with Crippen molar-refractivity contribution in [2.45, 2.75) is 44.6 Å². The Balaban J connectivity index is 1.50. The van der Waals surface area contributed by atoms with Gasteiger partial charge < -0.3 is 25.2 Å². The Morgan fingerprint density at radius 3 is 2.17 bits per heavy atom. The molecule has 1 aromatic heterocycles. The fraction of sp³-hybridized carbons (Fsp3) is 0.520. The molecule has 3 heterocycles. The summed E-state index contributed by atoms with van der Waals surface area (Å²) < 4.78 is 5.50. The molecule has 0 unspecified atom stereocenters. The second kappa shape index (κ2) is 9.89. The number of hydrogen-bond donors (Lipinski definition) is 1. The maximum atomic E-state index is 14.0. The van der Waals surface area contributed by atoms with Crippen molar-refractivity contribution in [1.82, 2.24) is 20.0 Å². The molecule has 2 aliphatic heterocycles. The zero-order valence-electron chi connectivity index (χ0n) is 20.5. The summed E-state index contributed by atoms with van der Waals surface area (Å²) in [5, 5.41) is 8.03. The number of amides is 2. The van der Waals surface area contributed by atoms with E-state index in [0.29, 0.717) is 57.9 Å². The molecule has 0 spiro atoms. The van der Waals surface area contributed by atoms with Crippen LogP contribution in [0.1, 0.15) is 39.2 Å². The Labute approximate surface area is 211 Å². The van der Waals surface area contributed by atoms with E-state index >= 15 is 0 Å². The Morgan fingerprint density at radius 1 is 0.971 bits per heavy atom. The highest BCUT2D eigenvalue weighted by molar-refractivity contribution is 6.29.